The highest BCUT2D eigenvalue weighted by molar-refractivity contribution is 7.80. The van der Waals surface area contributed by atoms with Crippen molar-refractivity contribution < 1.29 is 18.9 Å². The quantitative estimate of drug-likeness (QED) is 0.210. The van der Waals surface area contributed by atoms with E-state index in [1.165, 1.54) is 17.0 Å². The molecule has 8 nitrogen and oxygen atoms in total. The molecule has 1 N–H and O–H groups in total. The monoisotopic (exact) mass is 447 g/mol. The van der Waals surface area contributed by atoms with Gasteiger partial charge in [0.2, 0.25) is 0 Å². The zero-order chi connectivity index (χ0) is 23.0. The van der Waals surface area contributed by atoms with Crippen LogP contribution in [0.2, 0.25) is 0 Å². The molecule has 2 aromatic carbocycles. The van der Waals surface area contributed by atoms with E-state index in [2.05, 4.69) is 5.32 Å². The number of carbonyl (C=O) groups is 2. The summed E-state index contributed by atoms with van der Waals surface area (Å²) in [6.45, 7) is 3.49. The second-order valence-corrected chi connectivity index (χ2v) is 7.59. The van der Waals surface area contributed by atoms with Crippen LogP contribution in [0.15, 0.2) is 64.6 Å². The number of hydrogen-bond donors (Lipinski definition) is 1. The van der Waals surface area contributed by atoms with Gasteiger partial charge in [0.05, 0.1) is 10.6 Å². The second kappa shape index (κ2) is 8.20. The highest BCUT2D eigenvalue weighted by atomic mass is 32.1. The molecule has 1 saturated heterocycles. The zero-order valence-corrected chi connectivity index (χ0v) is 17.9. The summed E-state index contributed by atoms with van der Waals surface area (Å²) in [7, 11) is 0. The van der Waals surface area contributed by atoms with E-state index in [0.717, 1.165) is 5.56 Å². The van der Waals surface area contributed by atoms with Crippen molar-refractivity contribution in [3.63, 3.8) is 0 Å². The standard InChI is InChI=1S/C23H17N3O5S/c1-13-5-3-4-6-18(13)25-22(28)17(21(27)24-23(25)32)12-16-9-10-20(31-16)15-8-7-14(2)19(11-15)26(29)30/h3-12H,1-2H3,(H,24,27,32)/b17-12+. The number of aryl methyl sites for hydroxylation is 2. The van der Waals surface area contributed by atoms with Gasteiger partial charge in [-0.3, -0.25) is 29.9 Å². The molecule has 4 rings (SSSR count). The van der Waals surface area contributed by atoms with Crippen LogP contribution >= 0.6 is 12.2 Å². The van der Waals surface area contributed by atoms with Crippen molar-refractivity contribution in [3.05, 3.63) is 87.2 Å². The lowest BCUT2D eigenvalue weighted by Crippen LogP contribution is -2.54. The molecule has 2 amide bonds. The molecular formula is C23H17N3O5S. The first-order valence-corrected chi connectivity index (χ1v) is 9.99. The minimum atomic E-state index is -0.631. The van der Waals surface area contributed by atoms with Crippen LogP contribution in [-0.2, 0) is 9.59 Å². The van der Waals surface area contributed by atoms with Gasteiger partial charge >= 0.3 is 0 Å². The third-order valence-corrected chi connectivity index (χ3v) is 5.35. The first-order valence-electron chi connectivity index (χ1n) is 9.58. The van der Waals surface area contributed by atoms with E-state index in [4.69, 9.17) is 16.6 Å². The predicted octanol–water partition coefficient (Wildman–Crippen LogP) is 4.30. The largest absolute Gasteiger partial charge is 0.457 e. The van der Waals surface area contributed by atoms with Crippen LogP contribution in [0, 0.1) is 24.0 Å². The summed E-state index contributed by atoms with van der Waals surface area (Å²) in [6, 6.07) is 15.1. The SMILES string of the molecule is Cc1ccccc1N1C(=O)/C(=C/c2ccc(-c3ccc(C)c([N+](=O)[O-])c3)o2)C(=O)NC1=S. The number of rotatable bonds is 4. The number of hydrogen-bond acceptors (Lipinski definition) is 6. The van der Waals surface area contributed by atoms with Crippen molar-refractivity contribution in [2.45, 2.75) is 13.8 Å². The number of furan rings is 1. The predicted molar refractivity (Wildman–Crippen MR) is 123 cm³/mol. The molecule has 32 heavy (non-hydrogen) atoms. The number of nitrogens with one attached hydrogen (secondary N) is 1. The molecule has 2 heterocycles. The van der Waals surface area contributed by atoms with Gasteiger partial charge in [-0.15, -0.1) is 0 Å². The fourth-order valence-electron chi connectivity index (χ4n) is 3.38. The Morgan fingerprint density at radius 3 is 2.53 bits per heavy atom. The molecular weight excluding hydrogens is 430 g/mol. The van der Waals surface area contributed by atoms with Gasteiger partial charge in [0, 0.05) is 17.2 Å². The topological polar surface area (TPSA) is 106 Å². The normalized spacial score (nSPS) is 15.2. The lowest BCUT2D eigenvalue weighted by atomic mass is 10.1. The number of nitro benzene ring substituents is 1. The van der Waals surface area contributed by atoms with Gasteiger partial charge in [-0.1, -0.05) is 30.3 Å². The first-order chi connectivity index (χ1) is 15.3. The maximum atomic E-state index is 13.1. The molecule has 0 unspecified atom stereocenters. The van der Waals surface area contributed by atoms with Gasteiger partial charge in [-0.2, -0.15) is 0 Å². The van der Waals surface area contributed by atoms with Crippen molar-refractivity contribution >= 4 is 46.6 Å². The van der Waals surface area contributed by atoms with E-state index in [1.54, 1.807) is 43.3 Å². The Hall–Kier alpha value is -4.11. The van der Waals surface area contributed by atoms with Gasteiger partial charge in [0.1, 0.15) is 17.1 Å². The molecule has 0 aliphatic carbocycles. The Morgan fingerprint density at radius 2 is 1.81 bits per heavy atom. The van der Waals surface area contributed by atoms with Gasteiger partial charge in [0.25, 0.3) is 17.5 Å². The number of benzene rings is 2. The smallest absolute Gasteiger partial charge is 0.273 e. The van der Waals surface area contributed by atoms with Crippen LogP contribution in [0.1, 0.15) is 16.9 Å². The number of nitro groups is 1. The summed E-state index contributed by atoms with van der Waals surface area (Å²) in [6.07, 6.45) is 1.33. The molecule has 0 radical (unpaired) electrons. The molecule has 3 aromatic rings. The number of nitrogens with zero attached hydrogens (tertiary/aromatic N) is 2. The third kappa shape index (κ3) is 3.81. The Bertz CT molecular complexity index is 1320. The van der Waals surface area contributed by atoms with Crippen molar-refractivity contribution in [2.24, 2.45) is 0 Å². The van der Waals surface area contributed by atoms with Gasteiger partial charge in [0.15, 0.2) is 5.11 Å². The number of anilines is 1. The maximum absolute atomic E-state index is 13.1. The Balaban J connectivity index is 1.69. The lowest BCUT2D eigenvalue weighted by molar-refractivity contribution is -0.385. The van der Waals surface area contributed by atoms with Crippen LogP contribution in [0.5, 0.6) is 0 Å². The molecule has 1 aliphatic rings. The molecule has 0 spiro atoms. The molecule has 0 bridgehead atoms. The summed E-state index contributed by atoms with van der Waals surface area (Å²) >= 11 is 5.22. The number of thiocarbonyl (C=S) groups is 1. The van der Waals surface area contributed by atoms with Crippen LogP contribution < -0.4 is 10.2 Å². The van der Waals surface area contributed by atoms with Crippen LogP contribution in [0.25, 0.3) is 17.4 Å². The molecule has 1 fully saturated rings. The third-order valence-electron chi connectivity index (χ3n) is 5.06. The van der Waals surface area contributed by atoms with Gasteiger partial charge < -0.3 is 4.42 Å². The van der Waals surface area contributed by atoms with Crippen molar-refractivity contribution in [1.29, 1.82) is 0 Å². The van der Waals surface area contributed by atoms with Crippen molar-refractivity contribution in [1.82, 2.24) is 5.32 Å². The molecule has 0 saturated carbocycles. The first kappa shape index (κ1) is 21.1. The second-order valence-electron chi connectivity index (χ2n) is 7.20. The lowest BCUT2D eigenvalue weighted by Gasteiger charge is -2.29. The average molecular weight is 447 g/mol. The van der Waals surface area contributed by atoms with E-state index in [1.807, 2.05) is 19.1 Å². The number of carbonyl (C=O) groups excluding carboxylic acids is 2. The molecule has 1 aromatic heterocycles. The fourth-order valence-corrected chi connectivity index (χ4v) is 3.65. The van der Waals surface area contributed by atoms with Crippen LogP contribution in [-0.4, -0.2) is 21.9 Å². The summed E-state index contributed by atoms with van der Waals surface area (Å²) < 4.78 is 5.75. The van der Waals surface area contributed by atoms with E-state index in [-0.39, 0.29) is 22.1 Å². The van der Waals surface area contributed by atoms with E-state index < -0.39 is 16.7 Å². The van der Waals surface area contributed by atoms with Gasteiger partial charge in [-0.05, 0) is 55.9 Å². The highest BCUT2D eigenvalue weighted by Crippen LogP contribution is 2.30. The molecule has 9 heteroatoms. The van der Waals surface area contributed by atoms with Crippen LogP contribution in [0.3, 0.4) is 0 Å². The summed E-state index contributed by atoms with van der Waals surface area (Å²) in [4.78, 5) is 37.6. The Labute approximate surface area is 188 Å². The molecule has 0 atom stereocenters. The van der Waals surface area contributed by atoms with Crippen molar-refractivity contribution in [2.75, 3.05) is 4.90 Å². The van der Waals surface area contributed by atoms with E-state index in [9.17, 15) is 19.7 Å². The number of para-hydroxylation sites is 1. The van der Waals surface area contributed by atoms with E-state index in [0.29, 0.717) is 22.6 Å². The minimum absolute atomic E-state index is 0.00134. The summed E-state index contributed by atoms with van der Waals surface area (Å²) in [5, 5.41) is 13.7. The van der Waals surface area contributed by atoms with Gasteiger partial charge in [-0.25, -0.2) is 0 Å². The average Bonchev–Trinajstić information content (AvgIpc) is 3.21. The Morgan fingerprint density at radius 1 is 1.06 bits per heavy atom. The fraction of sp³-hybridized carbons (Fsp3) is 0.0870. The molecule has 1 aliphatic heterocycles. The minimum Gasteiger partial charge on any atom is -0.457 e. The van der Waals surface area contributed by atoms with Crippen LogP contribution in [0.4, 0.5) is 11.4 Å². The van der Waals surface area contributed by atoms with E-state index >= 15 is 0 Å². The summed E-state index contributed by atoms with van der Waals surface area (Å²) in [5.41, 5.74) is 2.26. The summed E-state index contributed by atoms with van der Waals surface area (Å²) in [5.74, 6) is -0.583. The Kier molecular flexibility index (Phi) is 5.41. The maximum Gasteiger partial charge on any atom is 0.273 e. The number of amides is 2. The molecule has 160 valence electrons. The zero-order valence-electron chi connectivity index (χ0n) is 17.1. The highest BCUT2D eigenvalue weighted by Gasteiger charge is 2.35. The van der Waals surface area contributed by atoms with Crippen molar-refractivity contribution in [3.8, 4) is 11.3 Å².